The number of hydrogen-bond donors (Lipinski definition) is 0. The Hall–Kier alpha value is -1.31. The molecule has 0 aliphatic rings. The smallest absolute Gasteiger partial charge is 0.0684 e. The zero-order valence-electron chi connectivity index (χ0n) is 8.55. The van der Waals surface area contributed by atoms with Crippen LogP contribution in [-0.4, -0.2) is 9.78 Å². The van der Waals surface area contributed by atoms with Crippen LogP contribution in [0.15, 0.2) is 12.1 Å². The molecule has 0 unspecified atom stereocenters. The van der Waals surface area contributed by atoms with Crippen molar-refractivity contribution < 1.29 is 0 Å². The Balaban J connectivity index is 2.98. The third-order valence-corrected chi connectivity index (χ3v) is 2.72. The standard InChI is InChI=1S/C11H14N2/c1-7-5-6-10-11(8(7)2)9(3)12-13(10)4/h5-6H,1-4H3. The van der Waals surface area contributed by atoms with Gasteiger partial charge in [-0.1, -0.05) is 6.07 Å². The maximum Gasteiger partial charge on any atom is 0.0684 e. The molecule has 0 aliphatic heterocycles. The lowest BCUT2D eigenvalue weighted by Crippen LogP contribution is -1.89. The van der Waals surface area contributed by atoms with Crippen molar-refractivity contribution in [2.45, 2.75) is 20.8 Å². The zero-order chi connectivity index (χ0) is 9.59. The van der Waals surface area contributed by atoms with Crippen molar-refractivity contribution in [3.8, 4) is 0 Å². The van der Waals surface area contributed by atoms with Crippen molar-refractivity contribution >= 4 is 10.9 Å². The van der Waals surface area contributed by atoms with E-state index in [4.69, 9.17) is 0 Å². The summed E-state index contributed by atoms with van der Waals surface area (Å²) in [7, 11) is 1.99. The molecule has 0 saturated heterocycles. The lowest BCUT2D eigenvalue weighted by molar-refractivity contribution is 0.783. The maximum atomic E-state index is 4.41. The van der Waals surface area contributed by atoms with Gasteiger partial charge in [-0.3, -0.25) is 4.68 Å². The average Bonchev–Trinajstić information content (AvgIpc) is 2.35. The summed E-state index contributed by atoms with van der Waals surface area (Å²) in [5, 5.41) is 5.72. The summed E-state index contributed by atoms with van der Waals surface area (Å²) in [4.78, 5) is 0. The molecule has 0 saturated carbocycles. The van der Waals surface area contributed by atoms with Gasteiger partial charge in [0.2, 0.25) is 0 Å². The summed E-state index contributed by atoms with van der Waals surface area (Å²) in [5.74, 6) is 0. The van der Waals surface area contributed by atoms with Crippen LogP contribution in [0.5, 0.6) is 0 Å². The molecule has 0 fully saturated rings. The van der Waals surface area contributed by atoms with Crippen LogP contribution in [0.1, 0.15) is 16.8 Å². The maximum absolute atomic E-state index is 4.41. The minimum Gasteiger partial charge on any atom is -0.268 e. The van der Waals surface area contributed by atoms with E-state index in [1.807, 2.05) is 11.7 Å². The quantitative estimate of drug-likeness (QED) is 0.600. The molecule has 1 heterocycles. The Bertz CT molecular complexity index is 466. The molecule has 1 aromatic carbocycles. The van der Waals surface area contributed by atoms with E-state index in [1.165, 1.54) is 22.0 Å². The van der Waals surface area contributed by atoms with Crippen LogP contribution >= 0.6 is 0 Å². The highest BCUT2D eigenvalue weighted by Crippen LogP contribution is 2.23. The molecular weight excluding hydrogens is 160 g/mol. The molecule has 0 bridgehead atoms. The van der Waals surface area contributed by atoms with Crippen molar-refractivity contribution in [3.05, 3.63) is 29.0 Å². The normalized spacial score (nSPS) is 11.1. The molecule has 2 aromatic rings. The van der Waals surface area contributed by atoms with Crippen LogP contribution in [0.2, 0.25) is 0 Å². The highest BCUT2D eigenvalue weighted by Gasteiger charge is 2.07. The summed E-state index contributed by atoms with van der Waals surface area (Å²) >= 11 is 0. The highest BCUT2D eigenvalue weighted by atomic mass is 15.3. The number of aromatic nitrogens is 2. The SMILES string of the molecule is Cc1ccc2c(c(C)nn2C)c1C. The van der Waals surface area contributed by atoms with Crippen LogP contribution in [0, 0.1) is 20.8 Å². The Morgan fingerprint density at radius 2 is 1.85 bits per heavy atom. The van der Waals surface area contributed by atoms with Gasteiger partial charge in [-0.2, -0.15) is 5.10 Å². The van der Waals surface area contributed by atoms with Crippen LogP contribution in [0.3, 0.4) is 0 Å². The predicted molar refractivity (Wildman–Crippen MR) is 54.9 cm³/mol. The van der Waals surface area contributed by atoms with Gasteiger partial charge >= 0.3 is 0 Å². The Morgan fingerprint density at radius 3 is 2.54 bits per heavy atom. The third-order valence-electron chi connectivity index (χ3n) is 2.72. The predicted octanol–water partition coefficient (Wildman–Crippen LogP) is 2.50. The van der Waals surface area contributed by atoms with E-state index in [9.17, 15) is 0 Å². The monoisotopic (exact) mass is 174 g/mol. The summed E-state index contributed by atoms with van der Waals surface area (Å²) in [6.45, 7) is 6.36. The minimum absolute atomic E-state index is 1.12. The first-order valence-electron chi connectivity index (χ1n) is 4.51. The lowest BCUT2D eigenvalue weighted by Gasteiger charge is -2.01. The molecule has 0 spiro atoms. The average molecular weight is 174 g/mol. The molecule has 1 aromatic heterocycles. The molecular formula is C11H14N2. The number of benzene rings is 1. The van der Waals surface area contributed by atoms with E-state index in [0.717, 1.165) is 5.69 Å². The fraction of sp³-hybridized carbons (Fsp3) is 0.364. The number of hydrogen-bond acceptors (Lipinski definition) is 1. The second kappa shape index (κ2) is 2.59. The van der Waals surface area contributed by atoms with E-state index in [-0.39, 0.29) is 0 Å². The van der Waals surface area contributed by atoms with E-state index in [1.54, 1.807) is 0 Å². The first kappa shape index (κ1) is 8.30. The van der Waals surface area contributed by atoms with Crippen LogP contribution in [0.4, 0.5) is 0 Å². The first-order valence-corrected chi connectivity index (χ1v) is 4.51. The van der Waals surface area contributed by atoms with E-state index >= 15 is 0 Å². The third kappa shape index (κ3) is 1.05. The molecule has 0 amide bonds. The Morgan fingerprint density at radius 1 is 1.15 bits per heavy atom. The van der Waals surface area contributed by atoms with Crippen molar-refractivity contribution in [3.63, 3.8) is 0 Å². The first-order chi connectivity index (χ1) is 6.11. The molecule has 0 atom stereocenters. The topological polar surface area (TPSA) is 17.8 Å². The Labute approximate surface area is 78.2 Å². The number of fused-ring (bicyclic) bond motifs is 1. The van der Waals surface area contributed by atoms with E-state index in [0.29, 0.717) is 0 Å². The molecule has 0 radical (unpaired) electrons. The molecule has 13 heavy (non-hydrogen) atoms. The fourth-order valence-corrected chi connectivity index (χ4v) is 1.86. The number of nitrogens with zero attached hydrogens (tertiary/aromatic N) is 2. The molecule has 2 nitrogen and oxygen atoms in total. The van der Waals surface area contributed by atoms with Gasteiger partial charge in [0, 0.05) is 12.4 Å². The van der Waals surface area contributed by atoms with Gasteiger partial charge in [0.05, 0.1) is 11.2 Å². The second-order valence-electron chi connectivity index (χ2n) is 3.61. The van der Waals surface area contributed by atoms with Crippen LogP contribution in [0.25, 0.3) is 10.9 Å². The van der Waals surface area contributed by atoms with Gasteiger partial charge in [0.15, 0.2) is 0 Å². The minimum atomic E-state index is 1.12. The largest absolute Gasteiger partial charge is 0.268 e. The molecule has 2 rings (SSSR count). The Kier molecular flexibility index (Phi) is 1.65. The van der Waals surface area contributed by atoms with Crippen LogP contribution < -0.4 is 0 Å². The molecule has 2 heteroatoms. The van der Waals surface area contributed by atoms with Gasteiger partial charge in [-0.25, -0.2) is 0 Å². The molecule has 68 valence electrons. The van der Waals surface area contributed by atoms with Crippen molar-refractivity contribution in [1.29, 1.82) is 0 Å². The molecule has 0 N–H and O–H groups in total. The zero-order valence-corrected chi connectivity index (χ0v) is 8.55. The van der Waals surface area contributed by atoms with Crippen molar-refractivity contribution in [2.75, 3.05) is 0 Å². The summed E-state index contributed by atoms with van der Waals surface area (Å²) in [5.41, 5.74) is 5.03. The van der Waals surface area contributed by atoms with E-state index < -0.39 is 0 Å². The summed E-state index contributed by atoms with van der Waals surface area (Å²) in [6, 6.07) is 4.29. The lowest BCUT2D eigenvalue weighted by atomic mass is 10.0. The second-order valence-corrected chi connectivity index (χ2v) is 3.61. The van der Waals surface area contributed by atoms with Gasteiger partial charge in [-0.05, 0) is 38.0 Å². The van der Waals surface area contributed by atoms with Gasteiger partial charge in [0.1, 0.15) is 0 Å². The van der Waals surface area contributed by atoms with Crippen molar-refractivity contribution in [2.24, 2.45) is 7.05 Å². The fourth-order valence-electron chi connectivity index (χ4n) is 1.86. The van der Waals surface area contributed by atoms with Crippen LogP contribution in [-0.2, 0) is 7.05 Å². The van der Waals surface area contributed by atoms with E-state index in [2.05, 4.69) is 38.0 Å². The van der Waals surface area contributed by atoms with Gasteiger partial charge in [0.25, 0.3) is 0 Å². The molecule has 0 aliphatic carbocycles. The van der Waals surface area contributed by atoms with Crippen molar-refractivity contribution in [1.82, 2.24) is 9.78 Å². The number of rotatable bonds is 0. The van der Waals surface area contributed by atoms with Gasteiger partial charge in [-0.15, -0.1) is 0 Å². The van der Waals surface area contributed by atoms with Gasteiger partial charge < -0.3 is 0 Å². The summed E-state index contributed by atoms with van der Waals surface area (Å²) < 4.78 is 1.94. The summed E-state index contributed by atoms with van der Waals surface area (Å²) in [6.07, 6.45) is 0. The highest BCUT2D eigenvalue weighted by molar-refractivity contribution is 5.86. The number of aryl methyl sites for hydroxylation is 4.